The summed E-state index contributed by atoms with van der Waals surface area (Å²) in [6, 6.07) is 4.97. The van der Waals surface area contributed by atoms with Crippen LogP contribution in [0.3, 0.4) is 0 Å². The van der Waals surface area contributed by atoms with Crippen molar-refractivity contribution in [2.75, 3.05) is 7.11 Å². The quantitative estimate of drug-likeness (QED) is 0.529. The molecule has 0 aliphatic rings. The van der Waals surface area contributed by atoms with Crippen molar-refractivity contribution in [1.29, 1.82) is 0 Å². The number of benzene rings is 1. The van der Waals surface area contributed by atoms with E-state index in [4.69, 9.17) is 4.74 Å². The zero-order chi connectivity index (χ0) is 19.0. The summed E-state index contributed by atoms with van der Waals surface area (Å²) in [5.74, 6) is -12.1. The third-order valence-corrected chi connectivity index (χ3v) is 3.71. The second-order valence-corrected chi connectivity index (χ2v) is 5.53. The number of alkyl halides is 7. The van der Waals surface area contributed by atoms with E-state index < -0.39 is 35.8 Å². The van der Waals surface area contributed by atoms with Crippen molar-refractivity contribution >= 4 is 5.78 Å². The molecule has 1 rings (SSSR count). The second-order valence-electron chi connectivity index (χ2n) is 5.53. The summed E-state index contributed by atoms with van der Waals surface area (Å²) in [6.45, 7) is 2.14. The Hall–Kier alpha value is -1.64. The number of carbonyl (C=O) groups is 1. The van der Waals surface area contributed by atoms with Crippen LogP contribution < -0.4 is 0 Å². The van der Waals surface area contributed by atoms with Gasteiger partial charge in [0.05, 0.1) is 12.0 Å². The van der Waals surface area contributed by atoms with E-state index in [9.17, 15) is 35.5 Å². The highest BCUT2D eigenvalue weighted by molar-refractivity contribution is 5.94. The highest BCUT2D eigenvalue weighted by Gasteiger charge is 2.73. The lowest BCUT2D eigenvalue weighted by Crippen LogP contribution is -2.54. The molecule has 0 saturated carbocycles. The monoisotopic (exact) mass is 360 g/mol. The van der Waals surface area contributed by atoms with Crippen molar-refractivity contribution in [1.82, 2.24) is 0 Å². The summed E-state index contributed by atoms with van der Waals surface area (Å²) in [5.41, 5.74) is -2.19. The Morgan fingerprint density at radius 1 is 1.08 bits per heavy atom. The lowest BCUT2D eigenvalue weighted by atomic mass is 9.86. The van der Waals surface area contributed by atoms with Crippen LogP contribution in [0.5, 0.6) is 0 Å². The first-order valence-corrected chi connectivity index (χ1v) is 6.67. The molecule has 24 heavy (non-hydrogen) atoms. The van der Waals surface area contributed by atoms with Gasteiger partial charge in [0.25, 0.3) is 0 Å². The van der Waals surface area contributed by atoms with Crippen molar-refractivity contribution < 1.29 is 40.3 Å². The lowest BCUT2D eigenvalue weighted by molar-refractivity contribution is -0.361. The Kier molecular flexibility index (Phi) is 5.39. The molecule has 0 N–H and O–H groups in total. The van der Waals surface area contributed by atoms with E-state index in [2.05, 4.69) is 0 Å². The first kappa shape index (κ1) is 20.4. The number of Topliss-reactive ketones (excluding diaryl/α,β-unsaturated/α-hetero) is 1. The van der Waals surface area contributed by atoms with Crippen LogP contribution in [0, 0.1) is 0 Å². The van der Waals surface area contributed by atoms with Gasteiger partial charge in [-0.2, -0.15) is 30.7 Å². The Labute approximate surface area is 133 Å². The van der Waals surface area contributed by atoms with Gasteiger partial charge in [-0.15, -0.1) is 0 Å². The summed E-state index contributed by atoms with van der Waals surface area (Å²) >= 11 is 0. The number of hydrogen-bond acceptors (Lipinski definition) is 2. The van der Waals surface area contributed by atoms with Gasteiger partial charge in [-0.25, -0.2) is 0 Å². The fourth-order valence-electron chi connectivity index (χ4n) is 2.10. The molecule has 1 atom stereocenters. The Balaban J connectivity index is 3.30. The average Bonchev–Trinajstić information content (AvgIpc) is 2.45. The van der Waals surface area contributed by atoms with Crippen LogP contribution in [0.2, 0.25) is 0 Å². The van der Waals surface area contributed by atoms with E-state index in [1.807, 2.05) is 0 Å². The van der Waals surface area contributed by atoms with E-state index in [0.29, 0.717) is 0 Å². The molecule has 0 bridgehead atoms. The van der Waals surface area contributed by atoms with Crippen LogP contribution in [0.4, 0.5) is 30.7 Å². The SMILES string of the molecule is COC(C)(CC(F)(F)C(F)(F)C(F)(F)F)c1cccc(C(C)=O)c1. The van der Waals surface area contributed by atoms with Gasteiger partial charge in [-0.3, -0.25) is 4.79 Å². The third-order valence-electron chi connectivity index (χ3n) is 3.71. The summed E-state index contributed by atoms with van der Waals surface area (Å²) in [7, 11) is 0.905. The number of ether oxygens (including phenoxy) is 1. The Morgan fingerprint density at radius 3 is 2.04 bits per heavy atom. The Bertz CT molecular complexity index is 610. The zero-order valence-electron chi connectivity index (χ0n) is 13.0. The van der Waals surface area contributed by atoms with Gasteiger partial charge in [-0.05, 0) is 25.5 Å². The van der Waals surface area contributed by atoms with E-state index in [0.717, 1.165) is 20.1 Å². The van der Waals surface area contributed by atoms with E-state index >= 15 is 0 Å². The first-order chi connectivity index (χ1) is 10.7. The molecule has 9 heteroatoms. The predicted molar refractivity (Wildman–Crippen MR) is 71.4 cm³/mol. The minimum atomic E-state index is -6.41. The summed E-state index contributed by atoms with van der Waals surface area (Å²) in [5, 5.41) is 0. The lowest BCUT2D eigenvalue weighted by Gasteiger charge is -2.36. The standard InChI is InChI=1S/C15H15F7O2/c1-9(23)10-5-4-6-11(7-10)12(2,24-3)8-13(16,17)14(18,19)15(20,21)22/h4-7H,8H2,1-3H3. The maximum absolute atomic E-state index is 13.7. The third kappa shape index (κ3) is 3.71. The van der Waals surface area contributed by atoms with Crippen molar-refractivity contribution in [3.63, 3.8) is 0 Å². The van der Waals surface area contributed by atoms with Gasteiger partial charge in [0.1, 0.15) is 0 Å². The largest absolute Gasteiger partial charge is 0.459 e. The maximum atomic E-state index is 13.7. The van der Waals surface area contributed by atoms with E-state index in [-0.39, 0.29) is 11.1 Å². The number of rotatable bonds is 6. The molecule has 136 valence electrons. The van der Waals surface area contributed by atoms with Gasteiger partial charge >= 0.3 is 18.0 Å². The van der Waals surface area contributed by atoms with E-state index in [1.165, 1.54) is 25.1 Å². The summed E-state index contributed by atoms with van der Waals surface area (Å²) < 4.78 is 95.2. The fourth-order valence-corrected chi connectivity index (χ4v) is 2.10. The van der Waals surface area contributed by atoms with Crippen LogP contribution in [0.1, 0.15) is 36.2 Å². The normalized spacial score (nSPS) is 15.9. The fraction of sp³-hybridized carbons (Fsp3) is 0.533. The van der Waals surface area contributed by atoms with Gasteiger partial charge in [0.2, 0.25) is 0 Å². The maximum Gasteiger partial charge on any atom is 0.459 e. The summed E-state index contributed by atoms with van der Waals surface area (Å²) in [4.78, 5) is 11.3. The van der Waals surface area contributed by atoms with E-state index in [1.54, 1.807) is 0 Å². The smallest absolute Gasteiger partial charge is 0.374 e. The molecule has 0 aliphatic heterocycles. The number of ketones is 1. The van der Waals surface area contributed by atoms with Gasteiger partial charge in [0.15, 0.2) is 5.78 Å². The number of halogens is 7. The molecule has 0 aliphatic carbocycles. The number of carbonyl (C=O) groups excluding carboxylic acids is 1. The zero-order valence-corrected chi connectivity index (χ0v) is 13.0. The molecule has 1 unspecified atom stereocenters. The summed E-state index contributed by atoms with van der Waals surface area (Å²) in [6.07, 6.45) is -8.34. The van der Waals surface area contributed by atoms with Crippen molar-refractivity contribution in [2.24, 2.45) is 0 Å². The molecule has 2 nitrogen and oxygen atoms in total. The predicted octanol–water partition coefficient (Wildman–Crippen LogP) is 4.97. The van der Waals surface area contributed by atoms with Crippen LogP contribution in [0.25, 0.3) is 0 Å². The van der Waals surface area contributed by atoms with Crippen LogP contribution in [0.15, 0.2) is 24.3 Å². The van der Waals surface area contributed by atoms with Crippen LogP contribution in [-0.2, 0) is 10.3 Å². The molecule has 0 radical (unpaired) electrons. The number of methoxy groups -OCH3 is 1. The van der Waals surface area contributed by atoms with Crippen LogP contribution in [-0.4, -0.2) is 30.9 Å². The molecule has 0 fully saturated rings. The minimum absolute atomic E-state index is 0.0849. The molecule has 0 heterocycles. The molecular formula is C15H15F7O2. The molecule has 0 amide bonds. The molecule has 0 spiro atoms. The molecule has 1 aromatic rings. The van der Waals surface area contributed by atoms with Gasteiger partial charge < -0.3 is 4.74 Å². The average molecular weight is 360 g/mol. The van der Waals surface area contributed by atoms with Crippen LogP contribution >= 0.6 is 0 Å². The minimum Gasteiger partial charge on any atom is -0.374 e. The van der Waals surface area contributed by atoms with Gasteiger partial charge in [0, 0.05) is 12.7 Å². The van der Waals surface area contributed by atoms with Gasteiger partial charge in [-0.1, -0.05) is 18.2 Å². The highest BCUT2D eigenvalue weighted by atomic mass is 19.4. The highest BCUT2D eigenvalue weighted by Crippen LogP contribution is 2.51. The molecular weight excluding hydrogens is 345 g/mol. The Morgan fingerprint density at radius 2 is 1.62 bits per heavy atom. The number of hydrogen-bond donors (Lipinski definition) is 0. The molecule has 0 aromatic heterocycles. The van der Waals surface area contributed by atoms with Crippen molar-refractivity contribution in [2.45, 2.75) is 43.9 Å². The van der Waals surface area contributed by atoms with Crippen molar-refractivity contribution in [3.05, 3.63) is 35.4 Å². The first-order valence-electron chi connectivity index (χ1n) is 6.67. The topological polar surface area (TPSA) is 26.3 Å². The second kappa shape index (κ2) is 6.34. The van der Waals surface area contributed by atoms with Crippen molar-refractivity contribution in [3.8, 4) is 0 Å². The molecule has 0 saturated heterocycles. The molecule has 1 aromatic carbocycles.